The average molecular weight is 475 g/mol. The van der Waals surface area contributed by atoms with E-state index < -0.39 is 22.6 Å². The summed E-state index contributed by atoms with van der Waals surface area (Å²) in [7, 11) is -1.92. The normalized spacial score (nSPS) is 12.1. The van der Waals surface area contributed by atoms with Crippen LogP contribution in [-0.2, 0) is 17.4 Å². The first kappa shape index (κ1) is 21.9. The Balaban J connectivity index is 1.54. The molecule has 0 saturated heterocycles. The molecule has 0 aliphatic carbocycles. The predicted molar refractivity (Wildman–Crippen MR) is 131 cm³/mol. The van der Waals surface area contributed by atoms with E-state index in [4.69, 9.17) is 0 Å². The number of hydrogen-bond donors (Lipinski definition) is 2. The highest BCUT2D eigenvalue weighted by Gasteiger charge is 2.15. The lowest BCUT2D eigenvalue weighted by atomic mass is 9.99. The van der Waals surface area contributed by atoms with Crippen LogP contribution in [0.4, 0.5) is 14.5 Å². The summed E-state index contributed by atoms with van der Waals surface area (Å²) in [5.74, 6) is -1.59. The maximum Gasteiger partial charge on any atom is 0.153 e. The van der Waals surface area contributed by atoms with Gasteiger partial charge in [-0.15, -0.1) is 0 Å². The summed E-state index contributed by atoms with van der Waals surface area (Å²) in [5.41, 5.74) is 5.91. The summed E-state index contributed by atoms with van der Waals surface area (Å²) in [6.07, 6.45) is 7.95. The van der Waals surface area contributed by atoms with Gasteiger partial charge in [0.2, 0.25) is 0 Å². The van der Waals surface area contributed by atoms with Crippen LogP contribution in [0.2, 0.25) is 0 Å². The molecule has 5 rings (SSSR count). The molecule has 3 heterocycles. The second-order valence-electron chi connectivity index (χ2n) is 7.71. The molecule has 2 aromatic carbocycles. The summed E-state index contributed by atoms with van der Waals surface area (Å²) in [4.78, 5) is 12.0. The maximum atomic E-state index is 14.1. The van der Waals surface area contributed by atoms with Crippen molar-refractivity contribution in [2.45, 2.75) is 18.2 Å². The van der Waals surface area contributed by atoms with Crippen LogP contribution < -0.4 is 4.72 Å². The highest BCUT2D eigenvalue weighted by Crippen LogP contribution is 2.32. The Morgan fingerprint density at radius 2 is 1.85 bits per heavy atom. The minimum Gasteiger partial charge on any atom is -0.367 e. The molecule has 34 heavy (non-hydrogen) atoms. The maximum absolute atomic E-state index is 14.1. The van der Waals surface area contributed by atoms with Gasteiger partial charge in [0.15, 0.2) is 11.0 Å². The molecule has 1 unspecified atom stereocenters. The van der Waals surface area contributed by atoms with E-state index in [1.165, 1.54) is 6.07 Å². The molecule has 3 aromatic heterocycles. The third-order valence-corrected chi connectivity index (χ3v) is 6.72. The first-order chi connectivity index (χ1) is 16.5. The highest BCUT2D eigenvalue weighted by atomic mass is 32.2. The molecule has 0 saturated carbocycles. The monoisotopic (exact) mass is 474 g/mol. The van der Waals surface area contributed by atoms with Gasteiger partial charge in [0, 0.05) is 41.8 Å². The van der Waals surface area contributed by atoms with Crippen molar-refractivity contribution >= 4 is 27.6 Å². The number of H-pyrrole nitrogens is 1. The fourth-order valence-electron chi connectivity index (χ4n) is 3.87. The van der Waals surface area contributed by atoms with E-state index in [0.29, 0.717) is 17.8 Å². The zero-order chi connectivity index (χ0) is 23.7. The SMILES string of the molecule is CCc1ncc(-c2ccc3nccc(-c4cc[nH]c4)c3c2)cc1NS(=O)c1ccc(F)cc1F. The second kappa shape index (κ2) is 9.15. The highest BCUT2D eigenvalue weighted by molar-refractivity contribution is 7.86. The Bertz CT molecular complexity index is 1520. The van der Waals surface area contributed by atoms with Crippen molar-refractivity contribution in [1.29, 1.82) is 0 Å². The number of halogens is 2. The van der Waals surface area contributed by atoms with Crippen LogP contribution in [0.1, 0.15) is 12.6 Å². The smallest absolute Gasteiger partial charge is 0.153 e. The standard InChI is InChI=1S/C26H20F2N4OS/c1-2-23-25(32-34(33)26-6-4-19(27)13-22(26)28)12-18(15-31-23)16-3-5-24-21(11-16)20(8-10-30-24)17-7-9-29-14-17/h3-15,29,32H,2H2,1H3. The van der Waals surface area contributed by atoms with Crippen LogP contribution in [0.3, 0.4) is 0 Å². The van der Waals surface area contributed by atoms with Crippen LogP contribution in [0.15, 0.2) is 84.3 Å². The largest absolute Gasteiger partial charge is 0.367 e. The van der Waals surface area contributed by atoms with Gasteiger partial charge >= 0.3 is 0 Å². The lowest BCUT2D eigenvalue weighted by Crippen LogP contribution is -2.09. The fraction of sp³-hybridized carbons (Fsp3) is 0.0769. The van der Waals surface area contributed by atoms with Gasteiger partial charge < -0.3 is 4.98 Å². The van der Waals surface area contributed by atoms with Crippen LogP contribution in [0.25, 0.3) is 33.2 Å². The number of rotatable bonds is 6. The number of anilines is 1. The van der Waals surface area contributed by atoms with Crippen LogP contribution in [-0.4, -0.2) is 19.2 Å². The number of aromatic amines is 1. The molecule has 170 valence electrons. The Kier molecular flexibility index (Phi) is 5.90. The topological polar surface area (TPSA) is 70.7 Å². The molecule has 0 fully saturated rings. The van der Waals surface area contributed by atoms with Gasteiger partial charge in [0.1, 0.15) is 11.6 Å². The number of aromatic nitrogens is 3. The molecule has 0 spiro atoms. The van der Waals surface area contributed by atoms with Gasteiger partial charge in [-0.05, 0) is 65.6 Å². The summed E-state index contributed by atoms with van der Waals surface area (Å²) >= 11 is 0. The van der Waals surface area contributed by atoms with Gasteiger partial charge in [0.25, 0.3) is 0 Å². The minimum absolute atomic E-state index is 0.123. The molecular weight excluding hydrogens is 454 g/mol. The summed E-state index contributed by atoms with van der Waals surface area (Å²) in [5, 5.41) is 0.991. The summed E-state index contributed by atoms with van der Waals surface area (Å²) < 4.78 is 43.0. The third-order valence-electron chi connectivity index (χ3n) is 5.59. The van der Waals surface area contributed by atoms with Crippen molar-refractivity contribution in [3.8, 4) is 22.3 Å². The van der Waals surface area contributed by atoms with E-state index in [9.17, 15) is 13.0 Å². The van der Waals surface area contributed by atoms with Crippen molar-refractivity contribution in [3.05, 3.63) is 96.7 Å². The number of aryl methyl sites for hydroxylation is 1. The number of fused-ring (bicyclic) bond motifs is 1. The van der Waals surface area contributed by atoms with E-state index in [1.54, 1.807) is 12.4 Å². The molecule has 0 aliphatic rings. The van der Waals surface area contributed by atoms with Crippen LogP contribution in [0, 0.1) is 11.6 Å². The molecule has 1 atom stereocenters. The lowest BCUT2D eigenvalue weighted by Gasteiger charge is -2.13. The van der Waals surface area contributed by atoms with Crippen molar-refractivity contribution in [3.63, 3.8) is 0 Å². The number of hydrogen-bond acceptors (Lipinski definition) is 3. The second-order valence-corrected chi connectivity index (χ2v) is 8.89. The summed E-state index contributed by atoms with van der Waals surface area (Å²) in [6.45, 7) is 1.93. The fourth-order valence-corrected chi connectivity index (χ4v) is 4.78. The average Bonchev–Trinajstić information content (AvgIpc) is 3.38. The van der Waals surface area contributed by atoms with E-state index in [1.807, 2.05) is 55.7 Å². The van der Waals surface area contributed by atoms with E-state index in [-0.39, 0.29) is 4.90 Å². The Hall–Kier alpha value is -3.91. The van der Waals surface area contributed by atoms with E-state index in [0.717, 1.165) is 45.3 Å². The number of nitrogens with one attached hydrogen (secondary N) is 2. The molecule has 5 nitrogen and oxygen atoms in total. The molecule has 0 radical (unpaired) electrons. The molecule has 0 aliphatic heterocycles. The van der Waals surface area contributed by atoms with Crippen molar-refractivity contribution in [1.82, 2.24) is 15.0 Å². The lowest BCUT2D eigenvalue weighted by molar-refractivity contribution is 0.562. The Labute approximate surface area is 197 Å². The van der Waals surface area contributed by atoms with Crippen LogP contribution in [0.5, 0.6) is 0 Å². The van der Waals surface area contributed by atoms with Crippen LogP contribution >= 0.6 is 0 Å². The first-order valence-electron chi connectivity index (χ1n) is 10.7. The molecule has 2 N–H and O–H groups in total. The van der Waals surface area contributed by atoms with Gasteiger partial charge in [-0.2, -0.15) is 0 Å². The molecule has 8 heteroatoms. The number of benzene rings is 2. The number of pyridine rings is 2. The Morgan fingerprint density at radius 1 is 0.971 bits per heavy atom. The molecule has 5 aromatic rings. The van der Waals surface area contributed by atoms with Gasteiger partial charge in [-0.25, -0.2) is 13.0 Å². The number of nitrogens with zero attached hydrogens (tertiary/aromatic N) is 2. The zero-order valence-corrected chi connectivity index (χ0v) is 19.0. The first-order valence-corrected chi connectivity index (χ1v) is 11.8. The third kappa shape index (κ3) is 4.20. The summed E-state index contributed by atoms with van der Waals surface area (Å²) in [6, 6.07) is 14.8. The Morgan fingerprint density at radius 3 is 2.62 bits per heavy atom. The van der Waals surface area contributed by atoms with Gasteiger partial charge in [0.05, 0.1) is 21.8 Å². The zero-order valence-electron chi connectivity index (χ0n) is 18.2. The van der Waals surface area contributed by atoms with Crippen molar-refractivity contribution in [2.24, 2.45) is 0 Å². The van der Waals surface area contributed by atoms with E-state index in [2.05, 4.69) is 19.7 Å². The van der Waals surface area contributed by atoms with Crippen molar-refractivity contribution < 1.29 is 13.0 Å². The van der Waals surface area contributed by atoms with Gasteiger partial charge in [-0.1, -0.05) is 13.0 Å². The quantitative estimate of drug-likeness (QED) is 0.305. The molecular formula is C26H20F2N4OS. The van der Waals surface area contributed by atoms with Crippen molar-refractivity contribution in [2.75, 3.05) is 4.72 Å². The molecule has 0 bridgehead atoms. The van der Waals surface area contributed by atoms with E-state index >= 15 is 0 Å². The molecule has 0 amide bonds. The predicted octanol–water partition coefficient (Wildman–Crippen LogP) is 6.27. The minimum atomic E-state index is -1.92. The van der Waals surface area contributed by atoms with Gasteiger partial charge in [-0.3, -0.25) is 14.7 Å².